The third-order valence-electron chi connectivity index (χ3n) is 3.05. The number of H-pyrrole nitrogens is 1. The van der Waals surface area contributed by atoms with Gasteiger partial charge in [-0.1, -0.05) is 0 Å². The molecule has 0 aliphatic heterocycles. The van der Waals surface area contributed by atoms with E-state index in [-0.39, 0.29) is 5.75 Å². The first-order valence-corrected chi connectivity index (χ1v) is 6.81. The Hall–Kier alpha value is -2.09. The highest BCUT2D eigenvalue weighted by molar-refractivity contribution is 7.71. The van der Waals surface area contributed by atoms with Crippen molar-refractivity contribution in [1.82, 2.24) is 14.9 Å². The Morgan fingerprint density at radius 2 is 2.10 bits per heavy atom. The molecule has 1 aromatic carbocycles. The van der Waals surface area contributed by atoms with E-state index in [0.717, 1.165) is 24.2 Å². The van der Waals surface area contributed by atoms with E-state index < -0.39 is 6.61 Å². The Bertz CT molecular complexity index is 704. The smallest absolute Gasteiger partial charge is 0.387 e. The number of benzene rings is 1. The van der Waals surface area contributed by atoms with Crippen molar-refractivity contribution < 1.29 is 13.5 Å². The van der Waals surface area contributed by atoms with E-state index in [4.69, 9.17) is 12.2 Å². The highest BCUT2D eigenvalue weighted by Gasteiger charge is 2.29. The van der Waals surface area contributed by atoms with Gasteiger partial charge in [0.25, 0.3) is 0 Å². The molecule has 8 heteroatoms. The maximum Gasteiger partial charge on any atom is 0.387 e. The highest BCUT2D eigenvalue weighted by atomic mass is 32.1. The lowest BCUT2D eigenvalue weighted by Crippen LogP contribution is -2.01. The van der Waals surface area contributed by atoms with Gasteiger partial charge in [-0.15, -0.1) is 0 Å². The number of nitrogens with zero attached hydrogens (tertiary/aromatic N) is 3. The molecule has 0 spiro atoms. The van der Waals surface area contributed by atoms with Gasteiger partial charge in [0, 0.05) is 5.92 Å². The SMILES string of the molecule is FC(F)Oc1ccc(/C=N\n2c(C3CC3)n[nH]c2=S)cc1. The average molecular weight is 310 g/mol. The van der Waals surface area contributed by atoms with Gasteiger partial charge in [0.1, 0.15) is 5.75 Å². The number of ether oxygens (including phenoxy) is 1. The van der Waals surface area contributed by atoms with Gasteiger partial charge in [-0.2, -0.15) is 23.7 Å². The number of rotatable bonds is 5. The standard InChI is InChI=1S/C13H12F2N4OS/c14-12(15)20-10-5-1-8(2-6-10)7-16-19-11(9-3-4-9)17-18-13(19)21/h1-2,5-7,9,12H,3-4H2,(H,18,21)/b16-7-. The van der Waals surface area contributed by atoms with Crippen molar-refractivity contribution in [3.8, 4) is 5.75 Å². The highest BCUT2D eigenvalue weighted by Crippen LogP contribution is 2.38. The molecule has 0 bridgehead atoms. The molecule has 0 atom stereocenters. The lowest BCUT2D eigenvalue weighted by molar-refractivity contribution is -0.0498. The monoisotopic (exact) mass is 310 g/mol. The number of aromatic nitrogens is 3. The van der Waals surface area contributed by atoms with Crippen molar-refractivity contribution in [2.24, 2.45) is 5.10 Å². The summed E-state index contributed by atoms with van der Waals surface area (Å²) in [7, 11) is 0. The maximum atomic E-state index is 12.1. The summed E-state index contributed by atoms with van der Waals surface area (Å²) < 4.78 is 30.4. The van der Waals surface area contributed by atoms with Gasteiger partial charge < -0.3 is 4.74 Å². The molecule has 1 saturated carbocycles. The van der Waals surface area contributed by atoms with Crippen LogP contribution in [0.4, 0.5) is 8.78 Å². The van der Waals surface area contributed by atoms with E-state index in [2.05, 4.69) is 20.0 Å². The Labute approximate surface area is 124 Å². The van der Waals surface area contributed by atoms with Crippen molar-refractivity contribution in [1.29, 1.82) is 0 Å². The number of alkyl halides is 2. The summed E-state index contributed by atoms with van der Waals surface area (Å²) in [6, 6.07) is 6.21. The van der Waals surface area contributed by atoms with Crippen LogP contribution in [0, 0.1) is 4.77 Å². The van der Waals surface area contributed by atoms with Gasteiger partial charge in [-0.25, -0.2) is 0 Å². The van der Waals surface area contributed by atoms with Crippen LogP contribution >= 0.6 is 12.2 Å². The van der Waals surface area contributed by atoms with Gasteiger partial charge >= 0.3 is 6.61 Å². The molecule has 5 nitrogen and oxygen atoms in total. The van der Waals surface area contributed by atoms with Crippen LogP contribution in [0.15, 0.2) is 29.4 Å². The zero-order valence-electron chi connectivity index (χ0n) is 10.9. The summed E-state index contributed by atoms with van der Waals surface area (Å²) >= 11 is 5.13. The van der Waals surface area contributed by atoms with Crippen LogP contribution in [-0.4, -0.2) is 27.7 Å². The molecule has 2 aromatic rings. The quantitative estimate of drug-likeness (QED) is 0.681. The fraction of sp³-hybridized carbons (Fsp3) is 0.308. The van der Waals surface area contributed by atoms with E-state index in [0.29, 0.717) is 10.7 Å². The van der Waals surface area contributed by atoms with Crippen molar-refractivity contribution >= 4 is 18.4 Å². The zero-order chi connectivity index (χ0) is 14.8. The Kier molecular flexibility index (Phi) is 3.78. The molecular formula is C13H12F2N4OS. The molecule has 1 N–H and O–H groups in total. The summed E-state index contributed by atoms with van der Waals surface area (Å²) in [6.45, 7) is -2.82. The minimum absolute atomic E-state index is 0.112. The molecule has 110 valence electrons. The number of halogens is 2. The van der Waals surface area contributed by atoms with Gasteiger partial charge in [0.2, 0.25) is 4.77 Å². The largest absolute Gasteiger partial charge is 0.435 e. The lowest BCUT2D eigenvalue weighted by atomic mass is 10.2. The molecule has 0 radical (unpaired) electrons. The first-order chi connectivity index (χ1) is 10.1. The topological polar surface area (TPSA) is 55.2 Å². The molecule has 21 heavy (non-hydrogen) atoms. The van der Waals surface area contributed by atoms with Crippen LogP contribution in [0.3, 0.4) is 0 Å². The average Bonchev–Trinajstić information content (AvgIpc) is 3.22. The minimum Gasteiger partial charge on any atom is -0.435 e. The second kappa shape index (κ2) is 5.72. The van der Waals surface area contributed by atoms with Crippen molar-refractivity contribution in [2.75, 3.05) is 0 Å². The molecule has 0 unspecified atom stereocenters. The maximum absolute atomic E-state index is 12.1. The number of hydrogen-bond donors (Lipinski definition) is 1. The van der Waals surface area contributed by atoms with Crippen LogP contribution in [0.1, 0.15) is 30.1 Å². The van der Waals surface area contributed by atoms with Crippen molar-refractivity contribution in [3.05, 3.63) is 40.4 Å². The van der Waals surface area contributed by atoms with Gasteiger partial charge in [-0.05, 0) is 54.9 Å². The van der Waals surface area contributed by atoms with Gasteiger partial charge in [0.15, 0.2) is 5.82 Å². The summed E-state index contributed by atoms with van der Waals surface area (Å²) in [5.74, 6) is 1.35. The predicted octanol–water partition coefficient (Wildman–Crippen LogP) is 3.30. The van der Waals surface area contributed by atoms with Crippen molar-refractivity contribution in [2.45, 2.75) is 25.4 Å². The van der Waals surface area contributed by atoms with E-state index in [9.17, 15) is 8.78 Å². The number of hydrogen-bond acceptors (Lipinski definition) is 4. The summed E-state index contributed by atoms with van der Waals surface area (Å²) in [4.78, 5) is 0. The van der Waals surface area contributed by atoms with Crippen LogP contribution in [0.5, 0.6) is 5.75 Å². The van der Waals surface area contributed by atoms with E-state index in [1.165, 1.54) is 12.1 Å². The third kappa shape index (κ3) is 3.33. The molecule has 1 fully saturated rings. The second-order valence-electron chi connectivity index (χ2n) is 4.67. The Morgan fingerprint density at radius 3 is 2.71 bits per heavy atom. The first-order valence-electron chi connectivity index (χ1n) is 6.40. The van der Waals surface area contributed by atoms with E-state index in [1.807, 2.05) is 0 Å². The van der Waals surface area contributed by atoms with Crippen LogP contribution < -0.4 is 4.74 Å². The Balaban J connectivity index is 1.77. The number of nitrogens with one attached hydrogen (secondary N) is 1. The first kappa shape index (κ1) is 13.9. The lowest BCUT2D eigenvalue weighted by Gasteiger charge is -2.03. The Morgan fingerprint density at radius 1 is 1.38 bits per heavy atom. The molecule has 1 aromatic heterocycles. The fourth-order valence-electron chi connectivity index (χ4n) is 1.88. The van der Waals surface area contributed by atoms with Gasteiger partial charge in [0.05, 0.1) is 6.21 Å². The van der Waals surface area contributed by atoms with Crippen LogP contribution in [0.25, 0.3) is 0 Å². The molecule has 1 aliphatic carbocycles. The molecule has 0 saturated heterocycles. The molecule has 1 heterocycles. The molecular weight excluding hydrogens is 298 g/mol. The zero-order valence-corrected chi connectivity index (χ0v) is 11.7. The third-order valence-corrected chi connectivity index (χ3v) is 3.31. The van der Waals surface area contributed by atoms with Crippen molar-refractivity contribution in [3.63, 3.8) is 0 Å². The van der Waals surface area contributed by atoms with Crippen LogP contribution in [-0.2, 0) is 0 Å². The fourth-order valence-corrected chi connectivity index (χ4v) is 2.07. The van der Waals surface area contributed by atoms with Crippen LogP contribution in [0.2, 0.25) is 0 Å². The van der Waals surface area contributed by atoms with Gasteiger partial charge in [-0.3, -0.25) is 5.10 Å². The molecule has 1 aliphatic rings. The normalized spacial score (nSPS) is 15.0. The predicted molar refractivity (Wildman–Crippen MR) is 75.5 cm³/mol. The number of aromatic amines is 1. The second-order valence-corrected chi connectivity index (χ2v) is 5.05. The summed E-state index contributed by atoms with van der Waals surface area (Å²) in [5, 5.41) is 11.2. The van der Waals surface area contributed by atoms with E-state index in [1.54, 1.807) is 23.0 Å². The molecule has 3 rings (SSSR count). The summed E-state index contributed by atoms with van der Waals surface area (Å²) in [6.07, 6.45) is 3.78. The minimum atomic E-state index is -2.82. The summed E-state index contributed by atoms with van der Waals surface area (Å²) in [5.41, 5.74) is 0.751. The molecule has 0 amide bonds. The van der Waals surface area contributed by atoms with E-state index >= 15 is 0 Å².